The highest BCUT2D eigenvalue weighted by Gasteiger charge is 2.43. The van der Waals surface area contributed by atoms with Crippen LogP contribution in [0.2, 0.25) is 0 Å². The number of fused-ring (bicyclic) bond motifs is 1. The van der Waals surface area contributed by atoms with Crippen LogP contribution in [-0.2, 0) is 21.5 Å². The normalized spacial score (nSPS) is 16.6. The summed E-state index contributed by atoms with van der Waals surface area (Å²) in [6.07, 6.45) is -5.89. The van der Waals surface area contributed by atoms with Gasteiger partial charge in [-0.3, -0.25) is 15.0 Å². The van der Waals surface area contributed by atoms with Gasteiger partial charge in [0.05, 0.1) is 38.1 Å². The van der Waals surface area contributed by atoms with Crippen LogP contribution in [0, 0.1) is 5.41 Å². The van der Waals surface area contributed by atoms with E-state index in [0.29, 0.717) is 46.0 Å². The molecule has 10 nitrogen and oxygen atoms in total. The number of carbonyl (C=O) groups excluding carboxylic acids is 3. The van der Waals surface area contributed by atoms with Crippen molar-refractivity contribution in [3.63, 3.8) is 0 Å². The molecule has 2 aromatic carbocycles. The van der Waals surface area contributed by atoms with Crippen LogP contribution in [0.15, 0.2) is 24.3 Å². The van der Waals surface area contributed by atoms with Crippen LogP contribution >= 0.6 is 0 Å². The Hall–Kier alpha value is -4.29. The maximum Gasteiger partial charge on any atom is 0.490 e. The average Bonchev–Trinajstić information content (AvgIpc) is 3.54. The maximum absolute atomic E-state index is 13.8. The van der Waals surface area contributed by atoms with Crippen LogP contribution < -0.4 is 19.7 Å². The molecule has 1 amide bonds. The van der Waals surface area contributed by atoms with Gasteiger partial charge in [-0.15, -0.1) is 0 Å². The first-order valence-electron chi connectivity index (χ1n) is 14.2. The number of amides is 1. The lowest BCUT2D eigenvalue weighted by molar-refractivity contribution is -0.203. The topological polar surface area (TPSA) is 121 Å². The Kier molecular flexibility index (Phi) is 9.17. The van der Waals surface area contributed by atoms with Crippen molar-refractivity contribution < 1.29 is 41.8 Å². The number of ether oxygens (including phenoxy) is 3. The third-order valence-electron chi connectivity index (χ3n) is 7.64. The van der Waals surface area contributed by atoms with E-state index in [4.69, 9.17) is 14.9 Å². The van der Waals surface area contributed by atoms with Gasteiger partial charge in [0.15, 0.2) is 5.78 Å². The largest absolute Gasteiger partial charge is 0.494 e. The van der Waals surface area contributed by atoms with E-state index in [2.05, 4.69) is 10.1 Å². The minimum atomic E-state index is -5.09. The van der Waals surface area contributed by atoms with Crippen molar-refractivity contribution in [2.45, 2.75) is 58.4 Å². The zero-order valence-electron chi connectivity index (χ0n) is 25.6. The maximum atomic E-state index is 13.8. The van der Waals surface area contributed by atoms with Crippen molar-refractivity contribution in [1.82, 2.24) is 10.2 Å². The van der Waals surface area contributed by atoms with Gasteiger partial charge in [-0.2, -0.15) is 13.2 Å². The predicted molar refractivity (Wildman–Crippen MR) is 157 cm³/mol. The highest BCUT2D eigenvalue weighted by Crippen LogP contribution is 2.42. The SMILES string of the molecule is CCOc1cc2c(cc1C(=O)NC)C(=N)N(CC(=O)c1cc(N3CCC(OC(=O)C(F)(F)F)C3)c(OC)c(C(C)(C)C)c1)C2. The zero-order chi connectivity index (χ0) is 32.6. The Balaban J connectivity index is 1.63. The third-order valence-corrected chi connectivity index (χ3v) is 7.64. The monoisotopic (exact) mass is 618 g/mol. The number of nitrogens with one attached hydrogen (secondary N) is 2. The molecule has 0 radical (unpaired) electrons. The first-order chi connectivity index (χ1) is 20.6. The number of nitrogens with zero attached hydrogens (tertiary/aromatic N) is 2. The summed E-state index contributed by atoms with van der Waals surface area (Å²) in [6.45, 7) is 8.43. The molecule has 44 heavy (non-hydrogen) atoms. The predicted octanol–water partition coefficient (Wildman–Crippen LogP) is 4.46. The molecule has 1 saturated heterocycles. The van der Waals surface area contributed by atoms with E-state index in [1.807, 2.05) is 20.8 Å². The Labute approximate surface area is 253 Å². The molecule has 13 heteroatoms. The van der Waals surface area contributed by atoms with E-state index in [1.165, 1.54) is 14.2 Å². The van der Waals surface area contributed by atoms with Crippen LogP contribution in [-0.4, -0.2) is 81.1 Å². The van der Waals surface area contributed by atoms with E-state index < -0.39 is 23.7 Å². The summed E-state index contributed by atoms with van der Waals surface area (Å²) in [5.74, 6) is -1.90. The van der Waals surface area contributed by atoms with Gasteiger partial charge < -0.3 is 29.3 Å². The molecule has 1 atom stereocenters. The lowest BCUT2D eigenvalue weighted by Crippen LogP contribution is -2.32. The molecule has 2 heterocycles. The molecule has 1 unspecified atom stereocenters. The number of hydrogen-bond acceptors (Lipinski definition) is 8. The van der Waals surface area contributed by atoms with Gasteiger partial charge in [0.1, 0.15) is 23.4 Å². The molecular weight excluding hydrogens is 581 g/mol. The summed E-state index contributed by atoms with van der Waals surface area (Å²) >= 11 is 0. The number of carbonyl (C=O) groups is 3. The number of Topliss-reactive ketones (excluding diaryl/α,β-unsaturated/α-hetero) is 1. The standard InChI is InChI=1S/C31H37F3N4O6/c1-7-43-25-12-18-14-38(27(35)20(18)13-21(25)28(40)36-5)16-24(39)17-10-22(30(2,3)4)26(42-6)23(11-17)37-9-8-19(15-37)44-29(41)31(32,33)34/h10-13,19,35H,7-9,14-16H2,1-6H3,(H,36,40). The molecule has 2 aliphatic rings. The van der Waals surface area contributed by atoms with Gasteiger partial charge in [0, 0.05) is 43.2 Å². The minimum absolute atomic E-state index is 0.00131. The van der Waals surface area contributed by atoms with E-state index in [1.54, 1.807) is 41.0 Å². The number of alkyl halides is 3. The average molecular weight is 619 g/mol. The number of esters is 1. The number of ketones is 1. The first kappa shape index (κ1) is 32.6. The van der Waals surface area contributed by atoms with Crippen molar-refractivity contribution in [1.29, 1.82) is 5.41 Å². The quantitative estimate of drug-likeness (QED) is 0.312. The number of methoxy groups -OCH3 is 1. The van der Waals surface area contributed by atoms with Crippen LogP contribution in [0.3, 0.4) is 0 Å². The smallest absolute Gasteiger partial charge is 0.490 e. The second-order valence-electron chi connectivity index (χ2n) is 11.7. The fraction of sp³-hybridized carbons (Fsp3) is 0.484. The molecule has 1 fully saturated rings. The molecule has 0 saturated carbocycles. The molecule has 2 N–H and O–H groups in total. The Morgan fingerprint density at radius 1 is 1.11 bits per heavy atom. The fourth-order valence-electron chi connectivity index (χ4n) is 5.46. The summed E-state index contributed by atoms with van der Waals surface area (Å²) in [5, 5.41) is 11.3. The number of anilines is 1. The molecule has 2 aliphatic heterocycles. The first-order valence-corrected chi connectivity index (χ1v) is 14.2. The summed E-state index contributed by atoms with van der Waals surface area (Å²) in [4.78, 5) is 41.0. The van der Waals surface area contributed by atoms with Gasteiger partial charge in [0.25, 0.3) is 5.91 Å². The van der Waals surface area contributed by atoms with Crippen molar-refractivity contribution in [2.75, 3.05) is 45.3 Å². The van der Waals surface area contributed by atoms with E-state index in [-0.39, 0.29) is 50.1 Å². The fourth-order valence-corrected chi connectivity index (χ4v) is 5.46. The molecule has 238 valence electrons. The molecule has 0 bridgehead atoms. The van der Waals surface area contributed by atoms with Crippen LogP contribution in [0.25, 0.3) is 0 Å². The lowest BCUT2D eigenvalue weighted by Gasteiger charge is -2.29. The van der Waals surface area contributed by atoms with Gasteiger partial charge in [-0.1, -0.05) is 20.8 Å². The molecule has 2 aromatic rings. The minimum Gasteiger partial charge on any atom is -0.494 e. The summed E-state index contributed by atoms with van der Waals surface area (Å²) in [6, 6.07) is 6.70. The summed E-state index contributed by atoms with van der Waals surface area (Å²) in [5.41, 5.74) is 2.67. The molecule has 0 spiro atoms. The third kappa shape index (κ3) is 6.61. The van der Waals surface area contributed by atoms with E-state index in [9.17, 15) is 27.6 Å². The number of benzene rings is 2. The Morgan fingerprint density at radius 3 is 2.41 bits per heavy atom. The van der Waals surface area contributed by atoms with Gasteiger partial charge in [-0.25, -0.2) is 4.79 Å². The molecule has 0 aromatic heterocycles. The zero-order valence-corrected chi connectivity index (χ0v) is 25.6. The van der Waals surface area contributed by atoms with Crippen LogP contribution in [0.4, 0.5) is 18.9 Å². The second-order valence-corrected chi connectivity index (χ2v) is 11.7. The highest BCUT2D eigenvalue weighted by atomic mass is 19.4. The van der Waals surface area contributed by atoms with Gasteiger partial charge in [0.2, 0.25) is 0 Å². The summed E-state index contributed by atoms with van der Waals surface area (Å²) < 4.78 is 54.5. The molecule has 0 aliphatic carbocycles. The van der Waals surface area contributed by atoms with Crippen LogP contribution in [0.1, 0.15) is 71.5 Å². The number of hydrogen-bond donors (Lipinski definition) is 2. The van der Waals surface area contributed by atoms with Gasteiger partial charge >= 0.3 is 12.1 Å². The second kappa shape index (κ2) is 12.4. The van der Waals surface area contributed by atoms with Crippen molar-refractivity contribution in [2.24, 2.45) is 0 Å². The Morgan fingerprint density at radius 2 is 1.82 bits per heavy atom. The number of amidine groups is 1. The highest BCUT2D eigenvalue weighted by molar-refractivity contribution is 6.08. The number of halogens is 3. The van der Waals surface area contributed by atoms with Crippen molar-refractivity contribution >= 4 is 29.2 Å². The summed E-state index contributed by atoms with van der Waals surface area (Å²) in [7, 11) is 2.99. The van der Waals surface area contributed by atoms with Crippen molar-refractivity contribution in [3.8, 4) is 11.5 Å². The van der Waals surface area contributed by atoms with Crippen molar-refractivity contribution in [3.05, 3.63) is 52.1 Å². The molecule has 4 rings (SSSR count). The van der Waals surface area contributed by atoms with E-state index in [0.717, 1.165) is 5.56 Å². The van der Waals surface area contributed by atoms with Crippen LogP contribution in [0.5, 0.6) is 11.5 Å². The number of rotatable bonds is 9. The Bertz CT molecular complexity index is 1480. The van der Waals surface area contributed by atoms with E-state index >= 15 is 0 Å². The lowest BCUT2D eigenvalue weighted by atomic mass is 9.84. The van der Waals surface area contributed by atoms with Gasteiger partial charge in [-0.05, 0) is 42.2 Å². The molecular formula is C31H37F3N4O6.